The summed E-state index contributed by atoms with van der Waals surface area (Å²) in [6.07, 6.45) is 1.92. The fraction of sp³-hybridized carbons (Fsp3) is 0.316. The zero-order valence-corrected chi connectivity index (χ0v) is 18.9. The number of amides is 1. The fourth-order valence-electron chi connectivity index (χ4n) is 2.33. The summed E-state index contributed by atoms with van der Waals surface area (Å²) in [6.45, 7) is 0.242. The van der Waals surface area contributed by atoms with Gasteiger partial charge in [-0.05, 0) is 42.2 Å². The summed E-state index contributed by atoms with van der Waals surface area (Å²) < 4.78 is 26.2. The van der Waals surface area contributed by atoms with Crippen LogP contribution in [0.4, 0.5) is 0 Å². The van der Waals surface area contributed by atoms with Crippen LogP contribution in [0.3, 0.4) is 0 Å². The Hall–Kier alpha value is -1.19. The van der Waals surface area contributed by atoms with Crippen molar-refractivity contribution < 1.29 is 13.2 Å². The van der Waals surface area contributed by atoms with Crippen LogP contribution < -0.4 is 5.32 Å². The summed E-state index contributed by atoms with van der Waals surface area (Å²) in [7, 11) is -2.29. The molecule has 0 bridgehead atoms. The lowest BCUT2D eigenvalue weighted by atomic mass is 10.2. The average molecular weight is 459 g/mol. The maximum absolute atomic E-state index is 12.6. The second-order valence-electron chi connectivity index (χ2n) is 5.93. The molecule has 152 valence electrons. The van der Waals surface area contributed by atoms with E-state index < -0.39 is 10.0 Å². The topological polar surface area (TPSA) is 66.5 Å². The monoisotopic (exact) mass is 458 g/mol. The van der Waals surface area contributed by atoms with Gasteiger partial charge in [0.2, 0.25) is 15.9 Å². The van der Waals surface area contributed by atoms with Crippen molar-refractivity contribution in [1.29, 1.82) is 0 Å². The van der Waals surface area contributed by atoms with E-state index in [2.05, 4.69) is 5.32 Å². The van der Waals surface area contributed by atoms with Crippen LogP contribution in [-0.2, 0) is 20.6 Å². The van der Waals surface area contributed by atoms with Crippen LogP contribution >= 0.6 is 35.1 Å². The van der Waals surface area contributed by atoms with E-state index in [0.29, 0.717) is 12.3 Å². The van der Waals surface area contributed by atoms with E-state index in [-0.39, 0.29) is 17.3 Å². The third-order valence-corrected chi connectivity index (χ3v) is 7.86. The van der Waals surface area contributed by atoms with Gasteiger partial charge >= 0.3 is 0 Å². The molecule has 2 aromatic rings. The van der Waals surface area contributed by atoms with Crippen LogP contribution in [0, 0.1) is 0 Å². The highest BCUT2D eigenvalue weighted by Gasteiger charge is 2.22. The number of likely N-dealkylation sites (N-methyl/N-ethyl adjacent to an activating group) is 1. The molecule has 28 heavy (non-hydrogen) atoms. The standard InChI is InChI=1S/C19H23ClN2O3S3/c1-22(28(24,25)17-9-7-16(26-2)8-10-17)13-19(23)21-11-12-27-14-15-5-3-4-6-18(15)20/h3-10H,11-14H2,1-2H3,(H,21,23). The van der Waals surface area contributed by atoms with Gasteiger partial charge in [0.05, 0.1) is 11.4 Å². The first-order valence-electron chi connectivity index (χ1n) is 8.53. The molecular weight excluding hydrogens is 436 g/mol. The number of nitrogens with zero attached hydrogens (tertiary/aromatic N) is 1. The molecule has 0 spiro atoms. The van der Waals surface area contributed by atoms with Gasteiger partial charge in [-0.1, -0.05) is 29.8 Å². The highest BCUT2D eigenvalue weighted by molar-refractivity contribution is 7.98. The largest absolute Gasteiger partial charge is 0.354 e. The number of halogens is 1. The molecule has 2 aromatic carbocycles. The number of carbonyl (C=O) groups is 1. The summed E-state index contributed by atoms with van der Waals surface area (Å²) in [5.41, 5.74) is 1.05. The van der Waals surface area contributed by atoms with E-state index in [1.807, 2.05) is 30.5 Å². The van der Waals surface area contributed by atoms with E-state index in [0.717, 1.165) is 25.5 Å². The molecule has 0 aliphatic rings. The molecule has 0 fully saturated rings. The zero-order chi connectivity index (χ0) is 20.6. The molecule has 0 heterocycles. The number of sulfonamides is 1. The smallest absolute Gasteiger partial charge is 0.243 e. The third kappa shape index (κ3) is 6.70. The number of hydrogen-bond donors (Lipinski definition) is 1. The van der Waals surface area contributed by atoms with Gasteiger partial charge in [-0.3, -0.25) is 4.79 Å². The van der Waals surface area contributed by atoms with Gasteiger partial charge in [-0.25, -0.2) is 8.42 Å². The Morgan fingerprint density at radius 2 is 1.82 bits per heavy atom. The number of nitrogens with one attached hydrogen (secondary N) is 1. The maximum atomic E-state index is 12.6. The number of carbonyl (C=O) groups excluding carboxylic acids is 1. The maximum Gasteiger partial charge on any atom is 0.243 e. The molecule has 1 amide bonds. The quantitative estimate of drug-likeness (QED) is 0.434. The molecule has 0 saturated carbocycles. The Morgan fingerprint density at radius 1 is 1.14 bits per heavy atom. The number of rotatable bonds is 10. The summed E-state index contributed by atoms with van der Waals surface area (Å²) in [6, 6.07) is 14.3. The number of benzene rings is 2. The van der Waals surface area contributed by atoms with Crippen LogP contribution in [0.15, 0.2) is 58.3 Å². The van der Waals surface area contributed by atoms with E-state index in [4.69, 9.17) is 11.6 Å². The molecule has 0 saturated heterocycles. The van der Waals surface area contributed by atoms with Crippen molar-refractivity contribution in [3.8, 4) is 0 Å². The molecule has 9 heteroatoms. The molecule has 0 radical (unpaired) electrons. The first-order valence-corrected chi connectivity index (χ1v) is 12.7. The molecule has 1 N–H and O–H groups in total. The summed E-state index contributed by atoms with van der Waals surface area (Å²) in [5.74, 6) is 1.14. The minimum absolute atomic E-state index is 0.177. The molecular formula is C19H23ClN2O3S3. The SMILES string of the molecule is CSc1ccc(S(=O)(=O)N(C)CC(=O)NCCSCc2ccccc2Cl)cc1. The lowest BCUT2D eigenvalue weighted by Crippen LogP contribution is -2.39. The molecule has 0 aliphatic heterocycles. The molecule has 0 aliphatic carbocycles. The molecule has 2 rings (SSSR count). The highest BCUT2D eigenvalue weighted by Crippen LogP contribution is 2.21. The lowest BCUT2D eigenvalue weighted by Gasteiger charge is -2.17. The normalized spacial score (nSPS) is 11.6. The summed E-state index contributed by atoms with van der Waals surface area (Å²) in [4.78, 5) is 13.2. The Morgan fingerprint density at radius 3 is 2.46 bits per heavy atom. The molecule has 0 unspecified atom stereocenters. The van der Waals surface area contributed by atoms with Crippen molar-refractivity contribution in [2.75, 3.05) is 32.1 Å². The van der Waals surface area contributed by atoms with Gasteiger partial charge in [-0.15, -0.1) is 11.8 Å². The van der Waals surface area contributed by atoms with Gasteiger partial charge in [0.15, 0.2) is 0 Å². The minimum Gasteiger partial charge on any atom is -0.354 e. The molecule has 5 nitrogen and oxygen atoms in total. The van der Waals surface area contributed by atoms with Crippen molar-refractivity contribution in [2.24, 2.45) is 0 Å². The van der Waals surface area contributed by atoms with Gasteiger partial charge in [0, 0.05) is 35.0 Å². The van der Waals surface area contributed by atoms with Crippen molar-refractivity contribution >= 4 is 51.1 Å². The van der Waals surface area contributed by atoms with Gasteiger partial charge in [-0.2, -0.15) is 16.1 Å². The molecule has 0 atom stereocenters. The van der Waals surface area contributed by atoms with Crippen LogP contribution in [0.2, 0.25) is 5.02 Å². The minimum atomic E-state index is -3.69. The number of thioether (sulfide) groups is 2. The first kappa shape index (κ1) is 23.1. The Balaban J connectivity index is 1.76. The van der Waals surface area contributed by atoms with E-state index in [1.165, 1.54) is 18.8 Å². The van der Waals surface area contributed by atoms with E-state index in [1.54, 1.807) is 36.0 Å². The van der Waals surface area contributed by atoms with Crippen LogP contribution in [0.5, 0.6) is 0 Å². The number of hydrogen-bond acceptors (Lipinski definition) is 5. The second-order valence-corrected chi connectivity index (χ2v) is 10.4. The van der Waals surface area contributed by atoms with Gasteiger partial charge in [0.1, 0.15) is 0 Å². The van der Waals surface area contributed by atoms with Crippen LogP contribution in [0.1, 0.15) is 5.56 Å². The average Bonchev–Trinajstić information content (AvgIpc) is 2.69. The zero-order valence-electron chi connectivity index (χ0n) is 15.7. The van der Waals surface area contributed by atoms with E-state index in [9.17, 15) is 13.2 Å². The van der Waals surface area contributed by atoms with Crippen molar-refractivity contribution in [2.45, 2.75) is 15.5 Å². The second kappa shape index (κ2) is 11.1. The van der Waals surface area contributed by atoms with E-state index >= 15 is 0 Å². The Labute approximate surface area is 180 Å². The lowest BCUT2D eigenvalue weighted by molar-refractivity contribution is -0.121. The van der Waals surface area contributed by atoms with Crippen LogP contribution in [-0.4, -0.2) is 50.8 Å². The van der Waals surface area contributed by atoms with Crippen molar-refractivity contribution in [3.05, 3.63) is 59.1 Å². The van der Waals surface area contributed by atoms with Crippen LogP contribution in [0.25, 0.3) is 0 Å². The van der Waals surface area contributed by atoms with Gasteiger partial charge < -0.3 is 5.32 Å². The van der Waals surface area contributed by atoms with Gasteiger partial charge in [0.25, 0.3) is 0 Å². The third-order valence-electron chi connectivity index (χ3n) is 3.92. The Kier molecular flexibility index (Phi) is 9.17. The first-order chi connectivity index (χ1) is 13.3. The predicted octanol–water partition coefficient (Wildman–Crippen LogP) is 3.73. The summed E-state index contributed by atoms with van der Waals surface area (Å²) >= 11 is 9.30. The molecule has 0 aromatic heterocycles. The van der Waals surface area contributed by atoms with Crippen molar-refractivity contribution in [3.63, 3.8) is 0 Å². The highest BCUT2D eigenvalue weighted by atomic mass is 35.5. The summed E-state index contributed by atoms with van der Waals surface area (Å²) in [5, 5.41) is 3.49. The fourth-order valence-corrected chi connectivity index (χ4v) is 5.01. The van der Waals surface area contributed by atoms with Crippen molar-refractivity contribution in [1.82, 2.24) is 9.62 Å². The Bertz CT molecular complexity index is 890. The predicted molar refractivity (Wildman–Crippen MR) is 119 cm³/mol.